The molecule has 2 aromatic carbocycles. The van der Waals surface area contributed by atoms with Crippen LogP contribution in [0.15, 0.2) is 64.7 Å². The number of phenols is 1. The molecule has 5 nitrogen and oxygen atoms in total. The fraction of sp³-hybridized carbons (Fsp3) is 0.308. The number of ether oxygens (including phenoxy) is 1. The van der Waals surface area contributed by atoms with Crippen LogP contribution in [0.1, 0.15) is 32.3 Å². The van der Waals surface area contributed by atoms with Gasteiger partial charge in [0.15, 0.2) is 5.78 Å². The zero-order valence-corrected chi connectivity index (χ0v) is 18.0. The number of para-hydroxylation sites is 1. The molecule has 0 radical (unpaired) electrons. The lowest BCUT2D eigenvalue weighted by molar-refractivity contribution is -0.116. The summed E-state index contributed by atoms with van der Waals surface area (Å²) in [6.45, 7) is 4.42. The smallest absolute Gasteiger partial charge is 0.188 e. The Morgan fingerprint density at radius 2 is 1.94 bits per heavy atom. The third-order valence-corrected chi connectivity index (χ3v) is 6.49. The summed E-state index contributed by atoms with van der Waals surface area (Å²) in [5.74, 6) is 0.850. The second-order valence-electron chi connectivity index (χ2n) is 9.17. The van der Waals surface area contributed by atoms with Crippen LogP contribution in [0.25, 0.3) is 6.08 Å². The second kappa shape index (κ2) is 7.12. The average molecular weight is 415 g/mol. The summed E-state index contributed by atoms with van der Waals surface area (Å²) in [5, 5.41) is 13.9. The summed E-state index contributed by atoms with van der Waals surface area (Å²) in [6.07, 6.45) is 6.00. The number of benzene rings is 2. The number of nitrogens with zero attached hydrogens (tertiary/aromatic N) is 1. The first-order valence-electron chi connectivity index (χ1n) is 10.7. The van der Waals surface area contributed by atoms with Crippen molar-refractivity contribution in [3.8, 4) is 11.5 Å². The summed E-state index contributed by atoms with van der Waals surface area (Å²) in [6, 6.07) is 12.7. The van der Waals surface area contributed by atoms with Crippen LogP contribution in [0.4, 0.5) is 11.4 Å². The highest BCUT2D eigenvalue weighted by molar-refractivity contribution is 6.50. The topological polar surface area (TPSA) is 70.9 Å². The number of hydrogen-bond donors (Lipinski definition) is 2. The molecule has 5 rings (SSSR count). The van der Waals surface area contributed by atoms with Gasteiger partial charge in [-0.3, -0.25) is 4.79 Å². The molecule has 3 aliphatic rings. The number of ketones is 1. The second-order valence-corrected chi connectivity index (χ2v) is 9.17. The highest BCUT2D eigenvalue weighted by Gasteiger charge is 2.45. The molecule has 31 heavy (non-hydrogen) atoms. The number of aliphatic imine (C=N–C) groups is 1. The van der Waals surface area contributed by atoms with Gasteiger partial charge >= 0.3 is 0 Å². The van der Waals surface area contributed by atoms with Gasteiger partial charge in [0.2, 0.25) is 0 Å². The molecule has 0 amide bonds. The van der Waals surface area contributed by atoms with E-state index in [9.17, 15) is 9.90 Å². The van der Waals surface area contributed by atoms with Crippen LogP contribution in [-0.2, 0) is 4.79 Å². The highest BCUT2D eigenvalue weighted by Crippen LogP contribution is 2.47. The van der Waals surface area contributed by atoms with Crippen molar-refractivity contribution in [3.63, 3.8) is 0 Å². The van der Waals surface area contributed by atoms with Gasteiger partial charge in [-0.05, 0) is 60.2 Å². The maximum atomic E-state index is 13.6. The first kappa shape index (κ1) is 19.6. The van der Waals surface area contributed by atoms with Crippen molar-refractivity contribution in [2.75, 3.05) is 12.4 Å². The number of aromatic hydroxyl groups is 1. The van der Waals surface area contributed by atoms with Gasteiger partial charge in [-0.1, -0.05) is 32.1 Å². The number of allylic oxidation sites excluding steroid dienone is 1. The van der Waals surface area contributed by atoms with E-state index in [0.717, 1.165) is 35.3 Å². The van der Waals surface area contributed by atoms with E-state index >= 15 is 0 Å². The fourth-order valence-electron chi connectivity index (χ4n) is 4.86. The maximum Gasteiger partial charge on any atom is 0.188 e. The SMILES string of the molecule is COc1ccc(/N=C2\C(=O)C3CCC(C)(C)C=C3C3Nc4c(O)cccc4C=C23)cc1. The van der Waals surface area contributed by atoms with Crippen molar-refractivity contribution in [1.82, 2.24) is 0 Å². The van der Waals surface area contributed by atoms with Gasteiger partial charge in [0.05, 0.1) is 24.5 Å². The number of carbonyl (C=O) groups is 1. The Kier molecular flexibility index (Phi) is 4.50. The number of rotatable bonds is 2. The molecule has 1 saturated carbocycles. The Labute approximate surface area is 182 Å². The fourth-order valence-corrected chi connectivity index (χ4v) is 4.86. The van der Waals surface area contributed by atoms with E-state index in [4.69, 9.17) is 9.73 Å². The van der Waals surface area contributed by atoms with E-state index in [-0.39, 0.29) is 28.9 Å². The number of anilines is 1. The molecular weight excluding hydrogens is 388 g/mol. The molecule has 1 fully saturated rings. The van der Waals surface area contributed by atoms with Crippen molar-refractivity contribution in [1.29, 1.82) is 0 Å². The zero-order valence-electron chi connectivity index (χ0n) is 18.0. The third-order valence-electron chi connectivity index (χ3n) is 6.49. The molecule has 1 heterocycles. The van der Waals surface area contributed by atoms with Crippen LogP contribution in [-0.4, -0.2) is 29.8 Å². The minimum absolute atomic E-state index is 0.0303. The number of hydrogen-bond acceptors (Lipinski definition) is 5. The molecule has 2 unspecified atom stereocenters. The summed E-state index contributed by atoms with van der Waals surface area (Å²) in [4.78, 5) is 18.4. The van der Waals surface area contributed by atoms with Crippen LogP contribution in [0, 0.1) is 11.3 Å². The molecule has 158 valence electrons. The minimum atomic E-state index is -0.188. The minimum Gasteiger partial charge on any atom is -0.506 e. The van der Waals surface area contributed by atoms with Gasteiger partial charge < -0.3 is 15.2 Å². The Morgan fingerprint density at radius 1 is 1.16 bits per heavy atom. The molecule has 0 spiro atoms. The average Bonchev–Trinajstić information content (AvgIpc) is 2.76. The van der Waals surface area contributed by atoms with Crippen molar-refractivity contribution in [3.05, 3.63) is 65.3 Å². The van der Waals surface area contributed by atoms with Gasteiger partial charge in [0.25, 0.3) is 0 Å². The Hall–Kier alpha value is -3.34. The lowest BCUT2D eigenvalue weighted by Crippen LogP contribution is -2.47. The molecule has 1 aliphatic heterocycles. The maximum absolute atomic E-state index is 13.6. The number of carbonyl (C=O) groups excluding carboxylic acids is 1. The predicted octanol–water partition coefficient (Wildman–Crippen LogP) is 5.30. The first-order chi connectivity index (χ1) is 14.9. The summed E-state index contributed by atoms with van der Waals surface area (Å²) in [7, 11) is 1.62. The van der Waals surface area contributed by atoms with E-state index in [2.05, 4.69) is 25.2 Å². The standard InChI is InChI=1S/C26H26N2O3/c1-26(2)12-11-18-20(14-26)23-19(13-15-5-4-6-21(29)22(15)28-23)24(25(18)30)27-16-7-9-17(31-3)10-8-16/h4-10,13-14,18,23,28-29H,11-12H2,1-3H3/b27-24-. The Balaban J connectivity index is 1.68. The number of nitrogens with one attached hydrogen (secondary N) is 1. The number of phenolic OH excluding ortho intramolecular Hbond substituents is 1. The summed E-state index contributed by atoms with van der Waals surface area (Å²) in [5.41, 5.74) is 4.76. The van der Waals surface area contributed by atoms with Crippen molar-refractivity contribution < 1.29 is 14.6 Å². The van der Waals surface area contributed by atoms with Crippen molar-refractivity contribution in [2.45, 2.75) is 32.7 Å². The van der Waals surface area contributed by atoms with Crippen LogP contribution < -0.4 is 10.1 Å². The van der Waals surface area contributed by atoms with E-state index in [1.807, 2.05) is 42.5 Å². The molecule has 5 heteroatoms. The van der Waals surface area contributed by atoms with Gasteiger partial charge in [0, 0.05) is 17.1 Å². The number of methoxy groups -OCH3 is 1. The van der Waals surface area contributed by atoms with Crippen LogP contribution in [0.5, 0.6) is 11.5 Å². The van der Waals surface area contributed by atoms with Gasteiger partial charge in [-0.25, -0.2) is 4.99 Å². The highest BCUT2D eigenvalue weighted by atomic mass is 16.5. The molecule has 2 aliphatic carbocycles. The van der Waals surface area contributed by atoms with Gasteiger partial charge in [0.1, 0.15) is 17.2 Å². The summed E-state index contributed by atoms with van der Waals surface area (Å²) < 4.78 is 5.24. The van der Waals surface area contributed by atoms with E-state index < -0.39 is 0 Å². The van der Waals surface area contributed by atoms with Crippen LogP contribution in [0.3, 0.4) is 0 Å². The van der Waals surface area contributed by atoms with Crippen LogP contribution in [0.2, 0.25) is 0 Å². The lowest BCUT2D eigenvalue weighted by atomic mass is 9.65. The number of fused-ring (bicyclic) bond motifs is 4. The largest absolute Gasteiger partial charge is 0.506 e. The first-order valence-corrected chi connectivity index (χ1v) is 10.7. The molecule has 0 saturated heterocycles. The quantitative estimate of drug-likeness (QED) is 0.517. The van der Waals surface area contributed by atoms with Crippen LogP contribution >= 0.6 is 0 Å². The Morgan fingerprint density at radius 3 is 2.68 bits per heavy atom. The van der Waals surface area contributed by atoms with Gasteiger partial charge in [-0.2, -0.15) is 0 Å². The normalized spacial score (nSPS) is 24.9. The third kappa shape index (κ3) is 3.34. The molecule has 2 N–H and O–H groups in total. The van der Waals surface area contributed by atoms with E-state index in [1.165, 1.54) is 0 Å². The van der Waals surface area contributed by atoms with E-state index in [1.54, 1.807) is 13.2 Å². The Bertz CT molecular complexity index is 1160. The molecule has 2 aromatic rings. The monoisotopic (exact) mass is 414 g/mol. The lowest BCUT2D eigenvalue weighted by Gasteiger charge is -2.43. The summed E-state index contributed by atoms with van der Waals surface area (Å²) >= 11 is 0. The molecule has 2 atom stereocenters. The zero-order chi connectivity index (χ0) is 21.8. The van der Waals surface area contributed by atoms with E-state index in [0.29, 0.717) is 17.1 Å². The molecule has 0 aromatic heterocycles. The molecular formula is C26H26N2O3. The molecule has 0 bridgehead atoms. The van der Waals surface area contributed by atoms with Gasteiger partial charge in [-0.15, -0.1) is 0 Å². The predicted molar refractivity (Wildman–Crippen MR) is 123 cm³/mol. The van der Waals surface area contributed by atoms with Crippen molar-refractivity contribution in [2.24, 2.45) is 16.3 Å². The van der Waals surface area contributed by atoms with Crippen molar-refractivity contribution >= 4 is 28.9 Å². The number of Topliss-reactive ketones (excluding diaryl/α,β-unsaturated/α-hetero) is 1.